The summed E-state index contributed by atoms with van der Waals surface area (Å²) in [5.41, 5.74) is -1.22. The molecule has 282 valence electrons. The number of likely N-dealkylation sites (N-methyl/N-ethyl adjacent to an activating group) is 1. The van der Waals surface area contributed by atoms with Crippen LogP contribution >= 0.6 is 0 Å². The van der Waals surface area contributed by atoms with Gasteiger partial charge in [0.2, 0.25) is 0 Å². The topological polar surface area (TPSA) is 121 Å². The van der Waals surface area contributed by atoms with Crippen molar-refractivity contribution in [2.45, 2.75) is 219 Å². The monoisotopic (exact) mass is 692 g/mol. The molecule has 2 N–H and O–H groups in total. The van der Waals surface area contributed by atoms with Crippen molar-refractivity contribution in [1.82, 2.24) is 4.90 Å². The highest BCUT2D eigenvalue weighted by Crippen LogP contribution is 2.25. The van der Waals surface area contributed by atoms with Crippen molar-refractivity contribution in [2.24, 2.45) is 0 Å². The van der Waals surface area contributed by atoms with Crippen LogP contribution in [-0.2, 0) is 24.2 Å². The largest absolute Gasteiger partial charge is 0.397 e. The van der Waals surface area contributed by atoms with E-state index in [1.807, 2.05) is 0 Å². The van der Waals surface area contributed by atoms with Gasteiger partial charge in [0.25, 0.3) is 0 Å². The number of carbonyl (C=O) groups is 2. The normalized spacial score (nSPS) is 12.6. The summed E-state index contributed by atoms with van der Waals surface area (Å²) in [5, 5.41) is 10.2. The Morgan fingerprint density at radius 2 is 0.809 bits per heavy atom. The molecule has 0 heterocycles. The number of carbonyl (C=O) groups excluding carboxylic acids is 2. The van der Waals surface area contributed by atoms with Gasteiger partial charge in [0, 0.05) is 12.8 Å². The number of unbranched alkanes of at least 4 members (excludes halogenated alkanes) is 24. The summed E-state index contributed by atoms with van der Waals surface area (Å²) in [6.07, 6.45) is 33.1. The number of ketones is 2. The smallest absolute Gasteiger partial charge is 0.379 e. The van der Waals surface area contributed by atoms with Crippen LogP contribution in [0.1, 0.15) is 207 Å². The van der Waals surface area contributed by atoms with Gasteiger partial charge in [0.15, 0.2) is 11.6 Å². The zero-order valence-electron chi connectivity index (χ0n) is 31.7. The lowest BCUT2D eigenvalue weighted by Crippen LogP contribution is -2.59. The molecule has 8 nitrogen and oxygen atoms in total. The summed E-state index contributed by atoms with van der Waals surface area (Å²) < 4.78 is 29.7. The van der Waals surface area contributed by atoms with Crippen molar-refractivity contribution >= 4 is 22.0 Å². The molecule has 0 rings (SSSR count). The predicted octanol–water partition coefficient (Wildman–Crippen LogP) is 10.6. The van der Waals surface area contributed by atoms with Gasteiger partial charge in [-0.15, -0.1) is 0 Å². The van der Waals surface area contributed by atoms with Gasteiger partial charge in [0.05, 0.1) is 7.11 Å². The molecule has 0 radical (unpaired) electrons. The average molecular weight is 692 g/mol. The van der Waals surface area contributed by atoms with Crippen LogP contribution in [0.3, 0.4) is 0 Å². The molecule has 0 aromatic rings. The quantitative estimate of drug-likeness (QED) is 0.0302. The minimum Gasteiger partial charge on any atom is -0.379 e. The molecule has 0 aromatic heterocycles. The molecule has 0 aliphatic carbocycles. The number of hydrogen-bond donors (Lipinski definition) is 2. The Labute approximate surface area is 291 Å². The lowest BCUT2D eigenvalue weighted by molar-refractivity contribution is -0.149. The highest BCUT2D eigenvalue weighted by molar-refractivity contribution is 7.80. The highest BCUT2D eigenvalue weighted by atomic mass is 32.3. The van der Waals surface area contributed by atoms with Gasteiger partial charge in [-0.25, -0.2) is 0 Å². The van der Waals surface area contributed by atoms with E-state index in [4.69, 9.17) is 4.55 Å². The Hall–Kier alpha value is -0.870. The summed E-state index contributed by atoms with van der Waals surface area (Å²) >= 11 is 0. The van der Waals surface area contributed by atoms with Crippen LogP contribution in [0.2, 0.25) is 0 Å². The van der Waals surface area contributed by atoms with Gasteiger partial charge >= 0.3 is 10.4 Å². The van der Waals surface area contributed by atoms with Crippen molar-refractivity contribution in [3.63, 3.8) is 0 Å². The fourth-order valence-electron chi connectivity index (χ4n) is 6.02. The summed E-state index contributed by atoms with van der Waals surface area (Å²) in [4.78, 5) is 28.2. The average Bonchev–Trinajstić information content (AvgIpc) is 3.04. The number of nitrogens with zero attached hydrogens (tertiary/aromatic N) is 1. The van der Waals surface area contributed by atoms with E-state index in [0.717, 1.165) is 32.8 Å². The van der Waals surface area contributed by atoms with E-state index in [-0.39, 0.29) is 11.6 Å². The molecule has 0 aromatic carbocycles. The zero-order valence-corrected chi connectivity index (χ0v) is 32.5. The second-order valence-electron chi connectivity index (χ2n) is 13.7. The molecule has 0 saturated heterocycles. The third-order valence-electron chi connectivity index (χ3n) is 9.58. The standard InChI is InChI=1S/C37H73NO3.CH4O4S/c1-6-8-10-12-14-16-18-20-22-24-26-28-30-32-35(40)37(4,38(5)34(3)39)36(41)33-31-29-27-25-23-21-19-17-15-13-11-9-7-2;1-5-6(2,3)4/h34,39H,6-33H2,1-5H3;1H3,(H,2,3,4). The van der Waals surface area contributed by atoms with Crippen molar-refractivity contribution in [3.05, 3.63) is 0 Å². The minimum atomic E-state index is -4.16. The van der Waals surface area contributed by atoms with Crippen LogP contribution in [0.15, 0.2) is 0 Å². The van der Waals surface area contributed by atoms with Gasteiger partial charge in [-0.1, -0.05) is 168 Å². The van der Waals surface area contributed by atoms with Crippen LogP contribution in [0.4, 0.5) is 0 Å². The number of aliphatic hydroxyl groups is 1. The second kappa shape index (κ2) is 32.3. The Morgan fingerprint density at radius 3 is 1.00 bits per heavy atom. The second-order valence-corrected chi connectivity index (χ2v) is 14.9. The molecular formula is C38H77NO7S. The first-order valence-corrected chi connectivity index (χ1v) is 20.8. The van der Waals surface area contributed by atoms with E-state index in [1.165, 1.54) is 141 Å². The van der Waals surface area contributed by atoms with E-state index in [0.29, 0.717) is 12.8 Å². The predicted molar refractivity (Wildman–Crippen MR) is 197 cm³/mol. The first-order chi connectivity index (χ1) is 22.4. The molecule has 0 bridgehead atoms. The maximum atomic E-state index is 13.3. The van der Waals surface area contributed by atoms with Crippen LogP contribution < -0.4 is 0 Å². The van der Waals surface area contributed by atoms with E-state index >= 15 is 0 Å². The van der Waals surface area contributed by atoms with Gasteiger partial charge in [-0.05, 0) is 33.7 Å². The van der Waals surface area contributed by atoms with Gasteiger partial charge in [0.1, 0.15) is 11.8 Å². The summed E-state index contributed by atoms with van der Waals surface area (Å²) in [6, 6.07) is 0. The highest BCUT2D eigenvalue weighted by Gasteiger charge is 2.44. The van der Waals surface area contributed by atoms with Crippen molar-refractivity contribution in [3.8, 4) is 0 Å². The fraction of sp³-hybridized carbons (Fsp3) is 0.947. The summed E-state index contributed by atoms with van der Waals surface area (Å²) in [5.74, 6) is -0.0488. The molecule has 0 spiro atoms. The first-order valence-electron chi connectivity index (χ1n) is 19.4. The lowest BCUT2D eigenvalue weighted by atomic mass is 9.84. The SMILES string of the molecule is CCCCCCCCCCCCCCCC(=O)C(C)(C(=O)CCCCCCCCCCCCCCC)N(C)C(C)O.COS(=O)(=O)O. The maximum Gasteiger partial charge on any atom is 0.397 e. The minimum absolute atomic E-state index is 0.0244. The molecule has 0 aliphatic heterocycles. The van der Waals surface area contributed by atoms with Crippen LogP contribution in [0.25, 0.3) is 0 Å². The van der Waals surface area contributed by atoms with Crippen molar-refractivity contribution in [1.29, 1.82) is 0 Å². The summed E-state index contributed by atoms with van der Waals surface area (Å²) in [7, 11) is -1.58. The van der Waals surface area contributed by atoms with E-state index in [9.17, 15) is 23.1 Å². The van der Waals surface area contributed by atoms with Gasteiger partial charge in [-0.2, -0.15) is 8.42 Å². The Balaban J connectivity index is 0. The van der Waals surface area contributed by atoms with Crippen LogP contribution in [0, 0.1) is 0 Å². The number of rotatable bonds is 33. The molecule has 9 heteroatoms. The van der Waals surface area contributed by atoms with Crippen LogP contribution in [-0.4, -0.2) is 60.5 Å². The molecule has 0 aliphatic rings. The molecule has 0 saturated carbocycles. The third-order valence-corrected chi connectivity index (χ3v) is 10.00. The van der Waals surface area contributed by atoms with Crippen molar-refractivity contribution < 1.29 is 31.8 Å². The van der Waals surface area contributed by atoms with E-state index in [1.54, 1.807) is 25.8 Å². The molecular weight excluding hydrogens is 614 g/mol. The third kappa shape index (κ3) is 28.7. The van der Waals surface area contributed by atoms with Gasteiger partial charge < -0.3 is 5.11 Å². The molecule has 1 atom stereocenters. The van der Waals surface area contributed by atoms with Gasteiger partial charge in [-0.3, -0.25) is 23.2 Å². The molecule has 1 unspecified atom stereocenters. The molecule has 47 heavy (non-hydrogen) atoms. The maximum absolute atomic E-state index is 13.3. The first kappa shape index (κ1) is 48.2. The number of hydrogen-bond acceptors (Lipinski definition) is 7. The van der Waals surface area contributed by atoms with E-state index < -0.39 is 22.2 Å². The van der Waals surface area contributed by atoms with Crippen molar-refractivity contribution in [2.75, 3.05) is 14.2 Å². The summed E-state index contributed by atoms with van der Waals surface area (Å²) in [6.45, 7) is 7.93. The fourth-order valence-corrected chi connectivity index (χ4v) is 6.02. The Morgan fingerprint density at radius 1 is 0.596 bits per heavy atom. The molecule has 0 amide bonds. The Bertz CT molecular complexity index is 790. The zero-order chi connectivity index (χ0) is 35.8. The number of Topliss-reactive ketones (excluding diaryl/α,β-unsaturated/α-hetero) is 2. The van der Waals surface area contributed by atoms with E-state index in [2.05, 4.69) is 18.0 Å². The Kier molecular flexibility index (Phi) is 33.2. The molecule has 0 fully saturated rings. The lowest BCUT2D eigenvalue weighted by Gasteiger charge is -2.38. The number of aliphatic hydroxyl groups excluding tert-OH is 1. The van der Waals surface area contributed by atoms with Crippen LogP contribution in [0.5, 0.6) is 0 Å².